The van der Waals surface area contributed by atoms with Crippen LogP contribution < -0.4 is 0 Å². The number of carboxylic acid groups (broad SMARTS) is 3. The van der Waals surface area contributed by atoms with Crippen molar-refractivity contribution in [1.29, 1.82) is 0 Å². The lowest BCUT2D eigenvalue weighted by Gasteiger charge is -2.28. The third-order valence-corrected chi connectivity index (χ3v) is 7.69. The second kappa shape index (κ2) is 18.0. The smallest absolute Gasteiger partial charge is 0.475 e. The molecule has 2 atom stereocenters. The number of aliphatic carboxylic acids is 3. The standard InChI is InChI=1S/C25H30N6O.3C2HF3O2/c1-19(2)31-16-23(28-18-31)22-15-29(14-21-5-3-4-9-27-21)17-25(22)8-12-30(24(25)32)13-20-6-10-26-11-7-20;3*3-2(4,5)1(6)7/h3-7,9-11,16,18-19,22H,8,12-15,17H2,1-2H3;3*(H,6,7). The first-order chi connectivity index (χ1) is 24.4. The van der Waals surface area contributed by atoms with Gasteiger partial charge in [-0.2, -0.15) is 39.5 Å². The monoisotopic (exact) mass is 772 g/mol. The van der Waals surface area contributed by atoms with Crippen LogP contribution in [0.5, 0.6) is 0 Å². The molecule has 2 fully saturated rings. The lowest BCUT2D eigenvalue weighted by molar-refractivity contribution is -0.193. The highest BCUT2D eigenvalue weighted by Crippen LogP contribution is 2.50. The van der Waals surface area contributed by atoms with E-state index in [2.05, 4.69) is 45.5 Å². The number of nitrogens with zero attached hydrogens (tertiary/aromatic N) is 6. The van der Waals surface area contributed by atoms with E-state index in [0.717, 1.165) is 49.6 Å². The maximum absolute atomic E-state index is 13.9. The molecule has 0 aromatic carbocycles. The van der Waals surface area contributed by atoms with Gasteiger partial charge in [0, 0.05) is 69.5 Å². The highest BCUT2D eigenvalue weighted by Gasteiger charge is 2.57. The third-order valence-electron chi connectivity index (χ3n) is 7.69. The lowest BCUT2D eigenvalue weighted by atomic mass is 9.75. The summed E-state index contributed by atoms with van der Waals surface area (Å²) in [5.74, 6) is -7.93. The summed E-state index contributed by atoms with van der Waals surface area (Å²) >= 11 is 0. The molecule has 2 saturated heterocycles. The number of likely N-dealkylation sites (tertiary alicyclic amines) is 2. The van der Waals surface area contributed by atoms with Gasteiger partial charge < -0.3 is 24.8 Å². The third kappa shape index (κ3) is 13.0. The summed E-state index contributed by atoms with van der Waals surface area (Å²) in [6, 6.07) is 10.3. The minimum Gasteiger partial charge on any atom is -0.475 e. The Morgan fingerprint density at radius 1 is 0.830 bits per heavy atom. The number of amides is 1. The Morgan fingerprint density at radius 2 is 1.36 bits per heavy atom. The molecule has 3 aromatic heterocycles. The van der Waals surface area contributed by atoms with E-state index in [1.54, 1.807) is 12.4 Å². The van der Waals surface area contributed by atoms with Gasteiger partial charge in [0.25, 0.3) is 0 Å². The van der Waals surface area contributed by atoms with Gasteiger partial charge >= 0.3 is 36.4 Å². The van der Waals surface area contributed by atoms with Crippen molar-refractivity contribution in [1.82, 2.24) is 29.3 Å². The Kier molecular flexibility index (Phi) is 14.9. The molecule has 1 spiro atoms. The molecule has 2 aliphatic rings. The fourth-order valence-electron chi connectivity index (χ4n) is 5.23. The molecule has 2 unspecified atom stereocenters. The lowest BCUT2D eigenvalue weighted by Crippen LogP contribution is -2.39. The number of alkyl halides is 9. The van der Waals surface area contributed by atoms with Gasteiger partial charge in [-0.1, -0.05) is 6.07 Å². The van der Waals surface area contributed by atoms with Crippen molar-refractivity contribution in [2.24, 2.45) is 5.41 Å². The van der Waals surface area contributed by atoms with Crippen LogP contribution in [-0.4, -0.2) is 107 Å². The Labute approximate surface area is 294 Å². The van der Waals surface area contributed by atoms with E-state index in [4.69, 9.17) is 34.7 Å². The number of rotatable bonds is 6. The molecule has 1 amide bonds. The number of carbonyl (C=O) groups is 4. The summed E-state index contributed by atoms with van der Waals surface area (Å²) < 4.78 is 97.3. The highest BCUT2D eigenvalue weighted by atomic mass is 19.4. The zero-order chi connectivity index (χ0) is 40.4. The van der Waals surface area contributed by atoms with Crippen LogP contribution in [0, 0.1) is 5.41 Å². The Hall–Kier alpha value is -5.28. The van der Waals surface area contributed by atoms with Crippen molar-refractivity contribution in [2.45, 2.75) is 63.8 Å². The normalized spacial score (nSPS) is 18.8. The van der Waals surface area contributed by atoms with Crippen LogP contribution >= 0.6 is 0 Å². The first kappa shape index (κ1) is 43.9. The van der Waals surface area contributed by atoms with E-state index >= 15 is 0 Å². The average Bonchev–Trinajstić information content (AvgIpc) is 3.76. The van der Waals surface area contributed by atoms with Crippen molar-refractivity contribution >= 4 is 23.8 Å². The molecule has 3 aromatic rings. The number of halogens is 9. The molecule has 2 aliphatic heterocycles. The summed E-state index contributed by atoms with van der Waals surface area (Å²) in [6.45, 7) is 8.04. The van der Waals surface area contributed by atoms with Crippen molar-refractivity contribution < 1.29 is 74.0 Å². The van der Waals surface area contributed by atoms with Crippen molar-refractivity contribution in [3.05, 3.63) is 78.4 Å². The quantitative estimate of drug-likeness (QED) is 0.282. The molecule has 0 aliphatic carbocycles. The maximum Gasteiger partial charge on any atom is 0.490 e. The summed E-state index contributed by atoms with van der Waals surface area (Å²) in [5, 5.41) is 21.4. The first-order valence-electron chi connectivity index (χ1n) is 15.1. The number of hydrogen-bond donors (Lipinski definition) is 3. The van der Waals surface area contributed by atoms with Gasteiger partial charge in [0.1, 0.15) is 0 Å². The zero-order valence-electron chi connectivity index (χ0n) is 27.7. The number of pyridine rings is 2. The SMILES string of the molecule is CC(C)n1cnc(C2CN(Cc3ccccn3)CC23CCN(Cc2ccncc2)C3=O)c1.O=C(O)C(F)(F)F.O=C(O)C(F)(F)F.O=C(O)C(F)(F)F. The minimum atomic E-state index is -5.08. The van der Waals surface area contributed by atoms with Crippen LogP contribution in [0.25, 0.3) is 0 Å². The van der Waals surface area contributed by atoms with Crippen molar-refractivity contribution in [2.75, 3.05) is 19.6 Å². The highest BCUT2D eigenvalue weighted by molar-refractivity contribution is 5.87. The van der Waals surface area contributed by atoms with Crippen molar-refractivity contribution in [3.8, 4) is 0 Å². The van der Waals surface area contributed by atoms with Gasteiger partial charge in [0.2, 0.25) is 5.91 Å². The number of hydrogen-bond acceptors (Lipinski definition) is 8. The largest absolute Gasteiger partial charge is 0.490 e. The number of carboxylic acids is 3. The number of carbonyl (C=O) groups excluding carboxylic acids is 1. The Morgan fingerprint density at radius 3 is 1.79 bits per heavy atom. The first-order valence-corrected chi connectivity index (χ1v) is 15.1. The second-order valence-corrected chi connectivity index (χ2v) is 11.8. The van der Waals surface area contributed by atoms with Gasteiger partial charge in [0.15, 0.2) is 0 Å². The van der Waals surface area contributed by atoms with Crippen LogP contribution in [0.1, 0.15) is 49.2 Å². The van der Waals surface area contributed by atoms with E-state index in [1.807, 2.05) is 41.7 Å². The molecule has 3 N–H and O–H groups in total. The summed E-state index contributed by atoms with van der Waals surface area (Å²) in [4.78, 5) is 58.4. The molecule has 13 nitrogen and oxygen atoms in total. The van der Waals surface area contributed by atoms with E-state index in [1.165, 1.54) is 0 Å². The van der Waals surface area contributed by atoms with E-state index in [0.29, 0.717) is 12.6 Å². The Bertz CT molecular complexity index is 1610. The molecule has 0 bridgehead atoms. The predicted molar refractivity (Wildman–Crippen MR) is 163 cm³/mol. The molecule has 0 saturated carbocycles. The molecule has 5 heterocycles. The zero-order valence-corrected chi connectivity index (χ0v) is 27.7. The van der Waals surface area contributed by atoms with Crippen LogP contribution in [0.15, 0.2) is 61.4 Å². The molecule has 0 radical (unpaired) electrons. The summed E-state index contributed by atoms with van der Waals surface area (Å²) in [7, 11) is 0. The van der Waals surface area contributed by atoms with E-state index in [9.17, 15) is 44.3 Å². The fourth-order valence-corrected chi connectivity index (χ4v) is 5.23. The minimum absolute atomic E-state index is 0.0844. The average molecular weight is 773 g/mol. The van der Waals surface area contributed by atoms with Crippen molar-refractivity contribution in [3.63, 3.8) is 0 Å². The Balaban J connectivity index is 0.000000379. The van der Waals surface area contributed by atoms with Gasteiger partial charge in [-0.05, 0) is 50.1 Å². The van der Waals surface area contributed by atoms with E-state index in [-0.39, 0.29) is 11.8 Å². The van der Waals surface area contributed by atoms with Crippen LogP contribution in [0.2, 0.25) is 0 Å². The summed E-state index contributed by atoms with van der Waals surface area (Å²) in [6.07, 6.45) is -4.94. The molecular weight excluding hydrogens is 739 g/mol. The molecule has 53 heavy (non-hydrogen) atoms. The number of imidazole rings is 1. The predicted octanol–water partition coefficient (Wildman–Crippen LogP) is 5.17. The van der Waals surface area contributed by atoms with Crippen LogP contribution in [-0.2, 0) is 32.3 Å². The van der Waals surface area contributed by atoms with E-state index < -0.39 is 41.9 Å². The maximum atomic E-state index is 13.9. The topological polar surface area (TPSA) is 179 Å². The second-order valence-electron chi connectivity index (χ2n) is 11.8. The van der Waals surface area contributed by atoms with Gasteiger partial charge in [-0.15, -0.1) is 0 Å². The molecule has 292 valence electrons. The van der Waals surface area contributed by atoms with Crippen LogP contribution in [0.4, 0.5) is 39.5 Å². The molecule has 5 rings (SSSR count). The van der Waals surface area contributed by atoms with Crippen LogP contribution in [0.3, 0.4) is 0 Å². The summed E-state index contributed by atoms with van der Waals surface area (Å²) in [5.41, 5.74) is 2.75. The molecular formula is C31H33F9N6O7. The fraction of sp³-hybridized carbons (Fsp3) is 0.452. The van der Waals surface area contributed by atoms with Gasteiger partial charge in [0.05, 0.1) is 23.1 Å². The number of aromatic nitrogens is 4. The van der Waals surface area contributed by atoms with Gasteiger partial charge in [-0.25, -0.2) is 19.4 Å². The van der Waals surface area contributed by atoms with Gasteiger partial charge in [-0.3, -0.25) is 19.7 Å². The molecule has 22 heteroatoms.